The van der Waals surface area contributed by atoms with Gasteiger partial charge < -0.3 is 9.73 Å². The lowest BCUT2D eigenvalue weighted by molar-refractivity contribution is 0.503. The fourth-order valence-electron chi connectivity index (χ4n) is 1.43. The van der Waals surface area contributed by atoms with E-state index in [1.54, 1.807) is 6.26 Å². The van der Waals surface area contributed by atoms with Gasteiger partial charge in [-0.25, -0.2) is 0 Å². The smallest absolute Gasteiger partial charge is 0.129 e. The summed E-state index contributed by atoms with van der Waals surface area (Å²) in [5, 5.41) is 3.32. The maximum atomic E-state index is 5.32. The molecule has 1 atom stereocenters. The first-order valence-electron chi connectivity index (χ1n) is 4.87. The number of benzene rings is 1. The third-order valence-electron chi connectivity index (χ3n) is 2.18. The molecule has 1 aromatic carbocycles. The molecule has 0 saturated carbocycles. The summed E-state index contributed by atoms with van der Waals surface area (Å²) in [5.74, 6) is 0.869. The van der Waals surface area contributed by atoms with E-state index in [9.17, 15) is 0 Å². The first kappa shape index (κ1) is 9.59. The van der Waals surface area contributed by atoms with E-state index in [2.05, 4.69) is 11.9 Å². The van der Waals surface area contributed by atoms with Crippen molar-refractivity contribution in [3.05, 3.63) is 67.1 Å². The van der Waals surface area contributed by atoms with Gasteiger partial charge in [-0.1, -0.05) is 24.3 Å². The topological polar surface area (TPSA) is 25.2 Å². The van der Waals surface area contributed by atoms with E-state index < -0.39 is 0 Å². The molecule has 0 amide bonds. The van der Waals surface area contributed by atoms with Crippen molar-refractivity contribution in [2.45, 2.75) is 6.04 Å². The van der Waals surface area contributed by atoms with Gasteiger partial charge in [0, 0.05) is 5.69 Å². The first-order valence-corrected chi connectivity index (χ1v) is 4.87. The predicted molar refractivity (Wildman–Crippen MR) is 61.7 cm³/mol. The van der Waals surface area contributed by atoms with Crippen LogP contribution in [0.5, 0.6) is 0 Å². The van der Waals surface area contributed by atoms with Gasteiger partial charge in [0.2, 0.25) is 0 Å². The van der Waals surface area contributed by atoms with Gasteiger partial charge in [-0.3, -0.25) is 0 Å². The van der Waals surface area contributed by atoms with Crippen molar-refractivity contribution in [3.63, 3.8) is 0 Å². The van der Waals surface area contributed by atoms with Crippen molar-refractivity contribution < 1.29 is 4.42 Å². The van der Waals surface area contributed by atoms with Crippen molar-refractivity contribution in [1.82, 2.24) is 0 Å². The van der Waals surface area contributed by atoms with Gasteiger partial charge in [0.25, 0.3) is 0 Å². The number of hydrogen-bond donors (Lipinski definition) is 1. The highest BCUT2D eigenvalue weighted by molar-refractivity contribution is 5.45. The second-order valence-corrected chi connectivity index (χ2v) is 3.24. The van der Waals surface area contributed by atoms with Crippen LogP contribution in [0.15, 0.2) is 65.8 Å². The minimum atomic E-state index is 0.0161. The lowest BCUT2D eigenvalue weighted by Crippen LogP contribution is -2.06. The Labute approximate surface area is 89.2 Å². The van der Waals surface area contributed by atoms with Crippen LogP contribution in [0.1, 0.15) is 11.8 Å². The fraction of sp³-hybridized carbons (Fsp3) is 0.0769. The molecule has 1 aromatic heterocycles. The third kappa shape index (κ3) is 2.29. The Morgan fingerprint density at radius 2 is 1.93 bits per heavy atom. The van der Waals surface area contributed by atoms with E-state index in [1.165, 1.54) is 0 Å². The minimum absolute atomic E-state index is 0.0161. The summed E-state index contributed by atoms with van der Waals surface area (Å²) < 4.78 is 5.32. The van der Waals surface area contributed by atoms with E-state index in [0.29, 0.717) is 0 Å². The molecule has 0 aliphatic rings. The molecule has 76 valence electrons. The highest BCUT2D eigenvalue weighted by atomic mass is 16.3. The molecule has 2 heteroatoms. The van der Waals surface area contributed by atoms with Crippen LogP contribution in [0, 0.1) is 0 Å². The Balaban J connectivity index is 2.13. The lowest BCUT2D eigenvalue weighted by atomic mass is 10.2. The Kier molecular flexibility index (Phi) is 2.88. The van der Waals surface area contributed by atoms with Crippen molar-refractivity contribution >= 4 is 5.69 Å². The Hall–Kier alpha value is -1.96. The zero-order valence-electron chi connectivity index (χ0n) is 8.39. The van der Waals surface area contributed by atoms with Gasteiger partial charge in [0.05, 0.1) is 6.26 Å². The molecule has 0 fully saturated rings. The van der Waals surface area contributed by atoms with Gasteiger partial charge in [-0.05, 0) is 24.3 Å². The highest BCUT2D eigenvalue weighted by Crippen LogP contribution is 2.20. The molecule has 1 N–H and O–H groups in total. The van der Waals surface area contributed by atoms with E-state index >= 15 is 0 Å². The molecule has 15 heavy (non-hydrogen) atoms. The molecule has 2 aromatic rings. The summed E-state index contributed by atoms with van der Waals surface area (Å²) in [4.78, 5) is 0. The number of para-hydroxylation sites is 1. The van der Waals surface area contributed by atoms with Crippen molar-refractivity contribution in [2.24, 2.45) is 0 Å². The molecular formula is C13H13NO. The number of rotatable bonds is 4. The standard InChI is InChI=1S/C13H13NO/c1-2-12(13-9-6-10-15-13)14-11-7-4-3-5-8-11/h2-10,12,14H,1H2/t12-/m1/s1. The largest absolute Gasteiger partial charge is 0.467 e. The number of nitrogens with one attached hydrogen (secondary N) is 1. The SMILES string of the molecule is C=C[C@@H](Nc1ccccc1)c1ccco1. The van der Waals surface area contributed by atoms with Gasteiger partial charge in [0.15, 0.2) is 0 Å². The van der Waals surface area contributed by atoms with Crippen LogP contribution in [-0.4, -0.2) is 0 Å². The molecule has 0 aliphatic carbocycles. The van der Waals surface area contributed by atoms with Crippen LogP contribution in [0.3, 0.4) is 0 Å². The number of furan rings is 1. The van der Waals surface area contributed by atoms with Crippen LogP contribution >= 0.6 is 0 Å². The monoisotopic (exact) mass is 199 g/mol. The lowest BCUT2D eigenvalue weighted by Gasteiger charge is -2.13. The minimum Gasteiger partial charge on any atom is -0.467 e. The third-order valence-corrected chi connectivity index (χ3v) is 2.18. The zero-order valence-corrected chi connectivity index (χ0v) is 8.39. The Bertz CT molecular complexity index is 405. The quantitative estimate of drug-likeness (QED) is 0.761. The second kappa shape index (κ2) is 4.51. The van der Waals surface area contributed by atoms with Crippen LogP contribution in [0.2, 0.25) is 0 Å². The van der Waals surface area contributed by atoms with E-state index in [4.69, 9.17) is 4.42 Å². The summed E-state index contributed by atoms with van der Waals surface area (Å²) in [7, 11) is 0. The second-order valence-electron chi connectivity index (χ2n) is 3.24. The molecule has 0 radical (unpaired) electrons. The van der Waals surface area contributed by atoms with Crippen LogP contribution in [-0.2, 0) is 0 Å². The molecule has 2 nitrogen and oxygen atoms in total. The van der Waals surface area contributed by atoms with E-state index in [-0.39, 0.29) is 6.04 Å². The van der Waals surface area contributed by atoms with Crippen molar-refractivity contribution in [3.8, 4) is 0 Å². The first-order chi connectivity index (χ1) is 7.40. The maximum absolute atomic E-state index is 5.32. The summed E-state index contributed by atoms with van der Waals surface area (Å²) >= 11 is 0. The van der Waals surface area contributed by atoms with Gasteiger partial charge in [-0.15, -0.1) is 6.58 Å². The molecular weight excluding hydrogens is 186 g/mol. The molecule has 0 saturated heterocycles. The maximum Gasteiger partial charge on any atom is 0.129 e. The Morgan fingerprint density at radius 3 is 2.53 bits per heavy atom. The average molecular weight is 199 g/mol. The average Bonchev–Trinajstić information content (AvgIpc) is 2.81. The predicted octanol–water partition coefficient (Wildman–Crippen LogP) is 3.62. The summed E-state index contributed by atoms with van der Waals surface area (Å²) in [6, 6.07) is 13.8. The van der Waals surface area contributed by atoms with Crippen molar-refractivity contribution in [1.29, 1.82) is 0 Å². The highest BCUT2D eigenvalue weighted by Gasteiger charge is 2.08. The fourth-order valence-corrected chi connectivity index (χ4v) is 1.43. The number of hydrogen-bond acceptors (Lipinski definition) is 2. The van der Waals surface area contributed by atoms with Crippen LogP contribution < -0.4 is 5.32 Å². The molecule has 0 bridgehead atoms. The van der Waals surface area contributed by atoms with E-state index in [1.807, 2.05) is 48.5 Å². The van der Waals surface area contributed by atoms with Gasteiger partial charge >= 0.3 is 0 Å². The Morgan fingerprint density at radius 1 is 1.13 bits per heavy atom. The summed E-state index contributed by atoms with van der Waals surface area (Å²) in [6.07, 6.45) is 3.49. The summed E-state index contributed by atoms with van der Waals surface area (Å²) in [5.41, 5.74) is 1.05. The molecule has 0 unspecified atom stereocenters. The number of anilines is 1. The van der Waals surface area contributed by atoms with Crippen molar-refractivity contribution in [2.75, 3.05) is 5.32 Å². The van der Waals surface area contributed by atoms with Crippen LogP contribution in [0.25, 0.3) is 0 Å². The molecule has 0 spiro atoms. The molecule has 1 heterocycles. The molecule has 0 aliphatic heterocycles. The van der Waals surface area contributed by atoms with E-state index in [0.717, 1.165) is 11.4 Å². The van der Waals surface area contributed by atoms with Crippen LogP contribution in [0.4, 0.5) is 5.69 Å². The van der Waals surface area contributed by atoms with Gasteiger partial charge in [-0.2, -0.15) is 0 Å². The van der Waals surface area contributed by atoms with Gasteiger partial charge in [0.1, 0.15) is 11.8 Å². The molecule has 2 rings (SSSR count). The zero-order chi connectivity index (χ0) is 10.5. The summed E-state index contributed by atoms with van der Waals surface area (Å²) in [6.45, 7) is 3.79. The normalized spacial score (nSPS) is 12.0.